The van der Waals surface area contributed by atoms with Gasteiger partial charge in [-0.1, -0.05) is 13.3 Å². The number of H-pyrrole nitrogens is 1. The van der Waals surface area contributed by atoms with E-state index in [1.54, 1.807) is 6.20 Å². The molecule has 2 N–H and O–H groups in total. The van der Waals surface area contributed by atoms with Crippen LogP contribution in [0, 0.1) is 0 Å². The summed E-state index contributed by atoms with van der Waals surface area (Å²) in [5.41, 5.74) is 0.674. The molecule has 0 aliphatic carbocycles. The van der Waals surface area contributed by atoms with E-state index in [0.717, 1.165) is 22.8 Å². The third-order valence-corrected chi connectivity index (χ3v) is 2.97. The van der Waals surface area contributed by atoms with Crippen LogP contribution >= 0.6 is 15.9 Å². The molecule has 0 aliphatic rings. The molecule has 2 heterocycles. The second-order valence-electron chi connectivity index (χ2n) is 3.80. The molecule has 0 saturated carbocycles. The topological polar surface area (TPSA) is 66.5 Å². The Hall–Kier alpha value is -1.17. The van der Waals surface area contributed by atoms with Crippen LogP contribution in [-0.2, 0) is 0 Å². The number of anilines is 1. The Labute approximate surface area is 102 Å². The third-order valence-electron chi connectivity index (χ3n) is 2.36. The second-order valence-corrected chi connectivity index (χ2v) is 4.60. The highest BCUT2D eigenvalue weighted by Gasteiger charge is 2.07. The fourth-order valence-electron chi connectivity index (χ4n) is 1.57. The number of nitrogens with one attached hydrogen (secondary N) is 2. The molecule has 2 aromatic heterocycles. The molecule has 0 bridgehead atoms. The normalized spacial score (nSPS) is 12.9. The summed E-state index contributed by atoms with van der Waals surface area (Å²) < 4.78 is 0.815. The molecule has 0 fully saturated rings. The maximum Gasteiger partial charge on any atom is 0.224 e. The van der Waals surface area contributed by atoms with Gasteiger partial charge in [-0.2, -0.15) is 10.1 Å². The summed E-state index contributed by atoms with van der Waals surface area (Å²) in [7, 11) is 0. The zero-order chi connectivity index (χ0) is 11.5. The standard InChI is InChI=1S/C10H14BrN5/c1-3-4-6(2)13-10-12-5-7-8(11)15-16-9(7)14-10/h5-6H,3-4H2,1-2H3,(H2,12,13,14,15,16). The molecule has 0 aromatic carbocycles. The van der Waals surface area contributed by atoms with Crippen molar-refractivity contribution in [2.75, 3.05) is 5.32 Å². The largest absolute Gasteiger partial charge is 0.352 e. The van der Waals surface area contributed by atoms with Crippen LogP contribution in [0.1, 0.15) is 26.7 Å². The first kappa shape index (κ1) is 11.3. The van der Waals surface area contributed by atoms with Gasteiger partial charge in [-0.3, -0.25) is 5.10 Å². The smallest absolute Gasteiger partial charge is 0.224 e. The molecule has 0 saturated heterocycles. The van der Waals surface area contributed by atoms with Crippen molar-refractivity contribution in [3.05, 3.63) is 10.8 Å². The maximum absolute atomic E-state index is 4.32. The molecule has 6 heteroatoms. The molecule has 86 valence electrons. The van der Waals surface area contributed by atoms with E-state index in [9.17, 15) is 0 Å². The predicted octanol–water partition coefficient (Wildman–Crippen LogP) is 2.72. The fraction of sp³-hybridized carbons (Fsp3) is 0.500. The van der Waals surface area contributed by atoms with Crippen LogP contribution in [0.5, 0.6) is 0 Å². The minimum Gasteiger partial charge on any atom is -0.352 e. The van der Waals surface area contributed by atoms with Crippen molar-refractivity contribution in [1.29, 1.82) is 0 Å². The molecule has 16 heavy (non-hydrogen) atoms. The average Bonchev–Trinajstić information content (AvgIpc) is 2.60. The van der Waals surface area contributed by atoms with Gasteiger partial charge >= 0.3 is 0 Å². The minimum atomic E-state index is 0.379. The van der Waals surface area contributed by atoms with Gasteiger partial charge in [0.2, 0.25) is 5.95 Å². The quantitative estimate of drug-likeness (QED) is 0.906. The SMILES string of the molecule is CCCC(C)Nc1ncc2c(Br)[nH]nc2n1. The number of hydrogen-bond donors (Lipinski definition) is 2. The molecule has 2 rings (SSSR count). The van der Waals surface area contributed by atoms with Gasteiger partial charge in [0.25, 0.3) is 0 Å². The molecule has 0 amide bonds. The number of halogens is 1. The highest BCUT2D eigenvalue weighted by Crippen LogP contribution is 2.19. The van der Waals surface area contributed by atoms with Crippen molar-refractivity contribution >= 4 is 32.9 Å². The van der Waals surface area contributed by atoms with Gasteiger partial charge in [-0.25, -0.2) is 4.98 Å². The molecule has 0 aliphatic heterocycles. The molecular formula is C10H14BrN5. The van der Waals surface area contributed by atoms with E-state index in [-0.39, 0.29) is 0 Å². The Morgan fingerprint density at radius 1 is 1.56 bits per heavy atom. The van der Waals surface area contributed by atoms with E-state index in [1.165, 1.54) is 0 Å². The van der Waals surface area contributed by atoms with E-state index in [2.05, 4.69) is 55.3 Å². The van der Waals surface area contributed by atoms with Crippen molar-refractivity contribution in [2.45, 2.75) is 32.7 Å². The predicted molar refractivity (Wildman–Crippen MR) is 67.4 cm³/mol. The van der Waals surface area contributed by atoms with Crippen molar-refractivity contribution in [3.8, 4) is 0 Å². The van der Waals surface area contributed by atoms with E-state index in [4.69, 9.17) is 0 Å². The van der Waals surface area contributed by atoms with E-state index < -0.39 is 0 Å². The third kappa shape index (κ3) is 2.32. The van der Waals surface area contributed by atoms with Gasteiger partial charge < -0.3 is 5.32 Å². The summed E-state index contributed by atoms with van der Waals surface area (Å²) in [5.74, 6) is 0.632. The van der Waals surface area contributed by atoms with Crippen LogP contribution in [-0.4, -0.2) is 26.2 Å². The van der Waals surface area contributed by atoms with Crippen LogP contribution < -0.4 is 5.32 Å². The lowest BCUT2D eigenvalue weighted by atomic mass is 10.2. The van der Waals surface area contributed by atoms with Crippen LogP contribution in [0.25, 0.3) is 11.0 Å². The molecule has 2 aromatic rings. The van der Waals surface area contributed by atoms with Crippen molar-refractivity contribution in [3.63, 3.8) is 0 Å². The molecule has 1 unspecified atom stereocenters. The Morgan fingerprint density at radius 3 is 3.12 bits per heavy atom. The number of aromatic amines is 1. The van der Waals surface area contributed by atoms with Crippen molar-refractivity contribution in [1.82, 2.24) is 20.2 Å². The number of fused-ring (bicyclic) bond motifs is 1. The fourth-order valence-corrected chi connectivity index (χ4v) is 1.94. The summed E-state index contributed by atoms with van der Waals surface area (Å²) >= 11 is 3.35. The molecule has 0 spiro atoms. The van der Waals surface area contributed by atoms with Gasteiger partial charge in [0.1, 0.15) is 4.60 Å². The van der Waals surface area contributed by atoms with Crippen LogP contribution in [0.4, 0.5) is 5.95 Å². The van der Waals surface area contributed by atoms with E-state index in [0.29, 0.717) is 17.6 Å². The number of hydrogen-bond acceptors (Lipinski definition) is 4. The Balaban J connectivity index is 2.19. The number of rotatable bonds is 4. The highest BCUT2D eigenvalue weighted by atomic mass is 79.9. The summed E-state index contributed by atoms with van der Waals surface area (Å²) in [6.07, 6.45) is 4.01. The van der Waals surface area contributed by atoms with E-state index in [1.807, 2.05) is 0 Å². The average molecular weight is 284 g/mol. The summed E-state index contributed by atoms with van der Waals surface area (Å²) in [5, 5.41) is 11.0. The number of nitrogens with zero attached hydrogens (tertiary/aromatic N) is 3. The summed E-state index contributed by atoms with van der Waals surface area (Å²) in [4.78, 5) is 8.57. The lowest BCUT2D eigenvalue weighted by Gasteiger charge is -2.11. The lowest BCUT2D eigenvalue weighted by Crippen LogP contribution is -2.16. The second kappa shape index (κ2) is 4.78. The lowest BCUT2D eigenvalue weighted by molar-refractivity contribution is 0.684. The Morgan fingerprint density at radius 2 is 2.38 bits per heavy atom. The molecule has 1 atom stereocenters. The molecule has 0 radical (unpaired) electrons. The maximum atomic E-state index is 4.32. The molecular weight excluding hydrogens is 270 g/mol. The minimum absolute atomic E-state index is 0.379. The summed E-state index contributed by atoms with van der Waals surface area (Å²) in [6.45, 7) is 4.28. The molecule has 5 nitrogen and oxygen atoms in total. The first-order valence-electron chi connectivity index (χ1n) is 5.34. The first-order chi connectivity index (χ1) is 7.70. The zero-order valence-electron chi connectivity index (χ0n) is 9.29. The van der Waals surface area contributed by atoms with Gasteiger partial charge in [-0.15, -0.1) is 0 Å². The zero-order valence-corrected chi connectivity index (χ0v) is 10.9. The van der Waals surface area contributed by atoms with E-state index >= 15 is 0 Å². The van der Waals surface area contributed by atoms with Crippen LogP contribution in [0.2, 0.25) is 0 Å². The van der Waals surface area contributed by atoms with Gasteiger partial charge in [0.15, 0.2) is 5.65 Å². The van der Waals surface area contributed by atoms with Crippen molar-refractivity contribution < 1.29 is 0 Å². The Kier molecular flexibility index (Phi) is 3.38. The summed E-state index contributed by atoms with van der Waals surface area (Å²) in [6, 6.07) is 0.379. The van der Waals surface area contributed by atoms with Gasteiger partial charge in [0, 0.05) is 12.2 Å². The number of aromatic nitrogens is 4. The first-order valence-corrected chi connectivity index (χ1v) is 6.13. The van der Waals surface area contributed by atoms with Crippen LogP contribution in [0.15, 0.2) is 10.8 Å². The Bertz CT molecular complexity index is 481. The monoisotopic (exact) mass is 283 g/mol. The van der Waals surface area contributed by atoms with Gasteiger partial charge in [0.05, 0.1) is 5.39 Å². The highest BCUT2D eigenvalue weighted by molar-refractivity contribution is 9.10. The van der Waals surface area contributed by atoms with Crippen LogP contribution in [0.3, 0.4) is 0 Å². The van der Waals surface area contributed by atoms with Gasteiger partial charge in [-0.05, 0) is 29.3 Å². The van der Waals surface area contributed by atoms with Crippen molar-refractivity contribution in [2.24, 2.45) is 0 Å².